The van der Waals surface area contributed by atoms with Crippen molar-refractivity contribution < 1.29 is 28.6 Å². The first-order valence-electron chi connectivity index (χ1n) is 28.5. The van der Waals surface area contributed by atoms with Gasteiger partial charge in [-0.1, -0.05) is 226 Å². The fraction of sp³-hybridized carbons (Fsp3) is 0.641. The summed E-state index contributed by atoms with van der Waals surface area (Å²) in [5, 5.41) is 0. The van der Waals surface area contributed by atoms with Gasteiger partial charge >= 0.3 is 17.9 Å². The van der Waals surface area contributed by atoms with Crippen molar-refractivity contribution in [2.75, 3.05) is 13.2 Å². The molecule has 6 nitrogen and oxygen atoms in total. The van der Waals surface area contributed by atoms with Crippen LogP contribution >= 0.6 is 0 Å². The highest BCUT2D eigenvalue weighted by Crippen LogP contribution is 2.14. The van der Waals surface area contributed by atoms with Crippen molar-refractivity contribution in [1.29, 1.82) is 0 Å². The molecule has 0 aliphatic rings. The van der Waals surface area contributed by atoms with Gasteiger partial charge < -0.3 is 14.2 Å². The molecule has 0 saturated heterocycles. The van der Waals surface area contributed by atoms with Gasteiger partial charge in [0.05, 0.1) is 0 Å². The molecule has 0 saturated carbocycles. The molecular weight excluding hydrogens is 865 g/mol. The molecule has 0 aromatic rings. The predicted octanol–water partition coefficient (Wildman–Crippen LogP) is 19.3. The van der Waals surface area contributed by atoms with Crippen LogP contribution in [0.4, 0.5) is 0 Å². The van der Waals surface area contributed by atoms with Crippen LogP contribution in [0.3, 0.4) is 0 Å². The minimum Gasteiger partial charge on any atom is -0.462 e. The van der Waals surface area contributed by atoms with Crippen molar-refractivity contribution in [3.63, 3.8) is 0 Å². The number of allylic oxidation sites excluding steroid dienone is 20. The molecule has 0 aromatic heterocycles. The summed E-state index contributed by atoms with van der Waals surface area (Å²) in [4.78, 5) is 38.1. The van der Waals surface area contributed by atoms with Gasteiger partial charge in [-0.2, -0.15) is 0 Å². The lowest BCUT2D eigenvalue weighted by Crippen LogP contribution is -2.30. The maximum Gasteiger partial charge on any atom is 0.306 e. The number of hydrogen-bond acceptors (Lipinski definition) is 6. The van der Waals surface area contributed by atoms with Gasteiger partial charge in [-0.15, -0.1) is 0 Å². The van der Waals surface area contributed by atoms with Crippen molar-refractivity contribution in [3.05, 3.63) is 122 Å². The van der Waals surface area contributed by atoms with E-state index in [9.17, 15) is 14.4 Å². The molecular formula is C64H104O6. The summed E-state index contributed by atoms with van der Waals surface area (Å²) < 4.78 is 16.8. The van der Waals surface area contributed by atoms with E-state index in [2.05, 4.69) is 142 Å². The van der Waals surface area contributed by atoms with Crippen molar-refractivity contribution >= 4 is 17.9 Å². The number of rotatable bonds is 50. The van der Waals surface area contributed by atoms with Gasteiger partial charge in [0.1, 0.15) is 13.2 Å². The molecule has 0 heterocycles. The van der Waals surface area contributed by atoms with Crippen LogP contribution in [0, 0.1) is 0 Å². The zero-order valence-corrected chi connectivity index (χ0v) is 45.2. The largest absolute Gasteiger partial charge is 0.462 e. The number of hydrogen-bond donors (Lipinski definition) is 0. The third-order valence-electron chi connectivity index (χ3n) is 11.7. The van der Waals surface area contributed by atoms with Crippen molar-refractivity contribution in [2.24, 2.45) is 0 Å². The molecule has 0 aliphatic carbocycles. The van der Waals surface area contributed by atoms with E-state index in [0.717, 1.165) is 154 Å². The van der Waals surface area contributed by atoms with Gasteiger partial charge in [0.25, 0.3) is 0 Å². The lowest BCUT2D eigenvalue weighted by Gasteiger charge is -2.18. The monoisotopic (exact) mass is 969 g/mol. The summed E-state index contributed by atoms with van der Waals surface area (Å²) in [5.74, 6) is -0.940. The minimum atomic E-state index is -0.800. The molecule has 396 valence electrons. The zero-order chi connectivity index (χ0) is 50.7. The first kappa shape index (κ1) is 65.8. The van der Waals surface area contributed by atoms with Crippen LogP contribution in [0.5, 0.6) is 0 Å². The first-order chi connectivity index (χ1) is 34.5. The Morgan fingerprint density at radius 3 is 0.886 bits per heavy atom. The van der Waals surface area contributed by atoms with Gasteiger partial charge in [-0.25, -0.2) is 0 Å². The summed E-state index contributed by atoms with van der Waals surface area (Å²) in [7, 11) is 0. The molecule has 0 bridgehead atoms. The molecule has 0 aliphatic heterocycles. The Morgan fingerprint density at radius 2 is 0.557 bits per heavy atom. The molecule has 0 amide bonds. The Hall–Kier alpha value is -4.19. The van der Waals surface area contributed by atoms with E-state index in [1.807, 2.05) is 0 Å². The van der Waals surface area contributed by atoms with Crippen LogP contribution in [0.15, 0.2) is 122 Å². The second-order valence-corrected chi connectivity index (χ2v) is 18.4. The second kappa shape index (κ2) is 57.4. The van der Waals surface area contributed by atoms with Gasteiger partial charge in [-0.05, 0) is 122 Å². The SMILES string of the molecule is CC/C=C\C/C=C\C/C=C\C/C=C\C/C=C\CCCCCCCCCCCC(=O)OCC(COC(=O)CCCCCCC/C=C\CCC)OC(=O)CCCCCC/C=C\C/C=C\C/C=C\C/C=C\CC. The number of ether oxygens (including phenoxy) is 3. The standard InChI is InChI=1S/C64H104O6/c1-4-7-10-13-16-19-22-24-26-28-29-30-31-32-33-34-35-37-38-40-42-45-48-51-54-57-63(66)69-60-61(59-68-62(65)56-53-50-47-44-21-18-15-12-9-6-3)70-64(67)58-55-52-49-46-43-41-39-36-27-25-23-20-17-14-11-8-5-2/h7-8,10-12,15-17,19-20,24-27,29-30,32-33,39,41,61H,4-6,9,13-14,18,21-23,28,31,34-38,40,42-60H2,1-3H3/b10-7-,11-8-,15-12-,19-16-,20-17-,26-24-,27-25-,30-29-,33-32-,41-39-. The average molecular weight is 970 g/mol. The summed E-state index contributed by atoms with van der Waals surface area (Å²) >= 11 is 0. The van der Waals surface area contributed by atoms with Crippen LogP contribution in [-0.4, -0.2) is 37.2 Å². The number of carbonyl (C=O) groups is 3. The van der Waals surface area contributed by atoms with Crippen molar-refractivity contribution in [3.8, 4) is 0 Å². The van der Waals surface area contributed by atoms with Crippen LogP contribution < -0.4 is 0 Å². The van der Waals surface area contributed by atoms with Gasteiger partial charge in [-0.3, -0.25) is 14.4 Å². The van der Waals surface area contributed by atoms with Crippen molar-refractivity contribution in [1.82, 2.24) is 0 Å². The smallest absolute Gasteiger partial charge is 0.306 e. The zero-order valence-electron chi connectivity index (χ0n) is 45.2. The fourth-order valence-electron chi connectivity index (χ4n) is 7.46. The molecule has 6 heteroatoms. The molecule has 0 rings (SSSR count). The molecule has 0 fully saturated rings. The Labute approximate surface area is 431 Å². The third kappa shape index (κ3) is 54.7. The highest BCUT2D eigenvalue weighted by Gasteiger charge is 2.19. The van der Waals surface area contributed by atoms with E-state index >= 15 is 0 Å². The lowest BCUT2D eigenvalue weighted by atomic mass is 10.1. The van der Waals surface area contributed by atoms with Crippen LogP contribution in [0.2, 0.25) is 0 Å². The highest BCUT2D eigenvalue weighted by atomic mass is 16.6. The fourth-order valence-corrected chi connectivity index (χ4v) is 7.46. The number of carbonyl (C=O) groups excluding carboxylic acids is 3. The van der Waals surface area contributed by atoms with Gasteiger partial charge in [0.15, 0.2) is 6.10 Å². The van der Waals surface area contributed by atoms with E-state index < -0.39 is 6.10 Å². The van der Waals surface area contributed by atoms with Gasteiger partial charge in [0.2, 0.25) is 0 Å². The maximum atomic E-state index is 12.8. The molecule has 0 spiro atoms. The van der Waals surface area contributed by atoms with E-state index in [4.69, 9.17) is 14.2 Å². The Bertz CT molecular complexity index is 1490. The molecule has 0 N–H and O–H groups in total. The Kier molecular flexibility index (Phi) is 54.0. The van der Waals surface area contributed by atoms with Gasteiger partial charge in [0, 0.05) is 19.3 Å². The molecule has 70 heavy (non-hydrogen) atoms. The van der Waals surface area contributed by atoms with E-state index in [-0.39, 0.29) is 31.1 Å². The molecule has 0 radical (unpaired) electrons. The second-order valence-electron chi connectivity index (χ2n) is 18.4. The summed E-state index contributed by atoms with van der Waals surface area (Å²) in [6.45, 7) is 6.31. The van der Waals surface area contributed by atoms with E-state index in [1.54, 1.807) is 0 Å². The average Bonchev–Trinajstić information content (AvgIpc) is 3.36. The quantitative estimate of drug-likeness (QED) is 0.0262. The Morgan fingerprint density at radius 1 is 0.300 bits per heavy atom. The molecule has 1 unspecified atom stereocenters. The molecule has 0 aromatic carbocycles. The molecule has 1 atom stereocenters. The van der Waals surface area contributed by atoms with E-state index in [0.29, 0.717) is 19.3 Å². The predicted molar refractivity (Wildman–Crippen MR) is 302 cm³/mol. The van der Waals surface area contributed by atoms with Crippen LogP contribution in [0.1, 0.15) is 245 Å². The highest BCUT2D eigenvalue weighted by molar-refractivity contribution is 5.71. The summed E-state index contributed by atoms with van der Waals surface area (Å²) in [5.41, 5.74) is 0. The maximum absolute atomic E-state index is 12.8. The number of esters is 3. The number of unbranched alkanes of at least 4 members (excludes halogenated alkanes) is 19. The minimum absolute atomic E-state index is 0.0967. The third-order valence-corrected chi connectivity index (χ3v) is 11.7. The Balaban J connectivity index is 4.34. The van der Waals surface area contributed by atoms with Crippen LogP contribution in [0.25, 0.3) is 0 Å². The summed E-state index contributed by atoms with van der Waals surface area (Å²) in [6.07, 6.45) is 79.1. The first-order valence-corrected chi connectivity index (χ1v) is 28.5. The lowest BCUT2D eigenvalue weighted by molar-refractivity contribution is -0.167. The topological polar surface area (TPSA) is 78.9 Å². The normalized spacial score (nSPS) is 13.0. The summed E-state index contributed by atoms with van der Waals surface area (Å²) in [6, 6.07) is 0. The van der Waals surface area contributed by atoms with Crippen LogP contribution in [-0.2, 0) is 28.6 Å². The van der Waals surface area contributed by atoms with E-state index in [1.165, 1.54) is 51.4 Å². The van der Waals surface area contributed by atoms with Crippen molar-refractivity contribution in [2.45, 2.75) is 252 Å².